The summed E-state index contributed by atoms with van der Waals surface area (Å²) >= 11 is 0. The summed E-state index contributed by atoms with van der Waals surface area (Å²) in [5, 5.41) is 2.63. The van der Waals surface area contributed by atoms with Crippen LogP contribution in [0.4, 0.5) is 5.69 Å². The Kier molecular flexibility index (Phi) is 5.36. The van der Waals surface area contributed by atoms with Gasteiger partial charge in [0.25, 0.3) is 5.91 Å². The molecule has 0 aliphatic carbocycles. The number of amides is 1. The van der Waals surface area contributed by atoms with E-state index < -0.39 is 17.3 Å². The zero-order chi connectivity index (χ0) is 17.7. The second-order valence-corrected chi connectivity index (χ2v) is 5.26. The zero-order valence-corrected chi connectivity index (χ0v) is 13.6. The fraction of sp³-hybridized carbons (Fsp3) is 0.235. The number of nitrogens with one attached hydrogen (secondary N) is 2. The van der Waals surface area contributed by atoms with Crippen LogP contribution in [-0.2, 0) is 4.74 Å². The zero-order valence-electron chi connectivity index (χ0n) is 13.6. The van der Waals surface area contributed by atoms with Gasteiger partial charge in [-0.25, -0.2) is 4.79 Å². The van der Waals surface area contributed by atoms with E-state index in [2.05, 4.69) is 10.3 Å². The quantitative estimate of drug-likeness (QED) is 0.819. The fourth-order valence-corrected chi connectivity index (χ4v) is 1.92. The van der Waals surface area contributed by atoms with Gasteiger partial charge in [-0.3, -0.25) is 9.59 Å². The summed E-state index contributed by atoms with van der Waals surface area (Å²) in [6.07, 6.45) is 1.12. The number of pyridine rings is 1. The second kappa shape index (κ2) is 7.45. The minimum absolute atomic E-state index is 0.101. The molecular formula is C17H18N2O5. The number of rotatable bonds is 5. The van der Waals surface area contributed by atoms with Crippen molar-refractivity contribution in [2.24, 2.45) is 0 Å². The molecule has 1 heterocycles. The molecule has 0 unspecified atom stereocenters. The van der Waals surface area contributed by atoms with E-state index >= 15 is 0 Å². The number of methoxy groups -OCH3 is 1. The maximum atomic E-state index is 12.1. The Morgan fingerprint density at radius 1 is 1.17 bits per heavy atom. The van der Waals surface area contributed by atoms with Crippen molar-refractivity contribution >= 4 is 17.6 Å². The van der Waals surface area contributed by atoms with Gasteiger partial charge in [0.05, 0.1) is 18.8 Å². The number of H-pyrrole nitrogens is 1. The Balaban J connectivity index is 2.08. The average molecular weight is 330 g/mol. The second-order valence-electron chi connectivity index (χ2n) is 5.26. The molecule has 7 nitrogen and oxygen atoms in total. The molecule has 0 bridgehead atoms. The van der Waals surface area contributed by atoms with Crippen molar-refractivity contribution in [3.05, 3.63) is 58.0 Å². The predicted octanol–water partition coefficient (Wildman–Crippen LogP) is 2.20. The largest absolute Gasteiger partial charge is 0.491 e. The standard InChI is InChI=1S/C17H18N2O5/c1-10(2)24-17(22)11-4-6-12(7-5-11)19-16(21)13-8-14(20)15(23-3)9-18-13/h4-10H,1-3H3,(H,18,20)(H,19,21). The van der Waals surface area contributed by atoms with Crippen molar-refractivity contribution < 1.29 is 19.1 Å². The van der Waals surface area contributed by atoms with E-state index in [0.717, 1.165) is 6.07 Å². The number of ether oxygens (including phenoxy) is 2. The van der Waals surface area contributed by atoms with E-state index in [9.17, 15) is 14.4 Å². The highest BCUT2D eigenvalue weighted by Gasteiger charge is 2.11. The smallest absolute Gasteiger partial charge is 0.338 e. The van der Waals surface area contributed by atoms with Gasteiger partial charge < -0.3 is 19.8 Å². The molecule has 0 saturated carbocycles. The maximum absolute atomic E-state index is 12.1. The SMILES string of the molecule is COc1c[nH]c(C(=O)Nc2ccc(C(=O)OC(C)C)cc2)cc1=O. The normalized spacial score (nSPS) is 10.3. The topological polar surface area (TPSA) is 97.5 Å². The van der Waals surface area contributed by atoms with Crippen molar-refractivity contribution in [2.75, 3.05) is 12.4 Å². The molecule has 1 aromatic carbocycles. The van der Waals surface area contributed by atoms with Crippen LogP contribution in [0.2, 0.25) is 0 Å². The molecule has 126 valence electrons. The Morgan fingerprint density at radius 2 is 1.83 bits per heavy atom. The third-order valence-corrected chi connectivity index (χ3v) is 3.06. The summed E-state index contributed by atoms with van der Waals surface area (Å²) in [6, 6.07) is 7.42. The lowest BCUT2D eigenvalue weighted by Gasteiger charge is -2.09. The number of carbonyl (C=O) groups is 2. The minimum atomic E-state index is -0.479. The average Bonchev–Trinajstić information content (AvgIpc) is 2.54. The molecule has 7 heteroatoms. The molecule has 24 heavy (non-hydrogen) atoms. The van der Waals surface area contributed by atoms with Gasteiger partial charge in [-0.1, -0.05) is 0 Å². The highest BCUT2D eigenvalue weighted by molar-refractivity contribution is 6.03. The van der Waals surface area contributed by atoms with Crippen LogP contribution >= 0.6 is 0 Å². The van der Waals surface area contributed by atoms with Crippen LogP contribution in [0.5, 0.6) is 5.75 Å². The van der Waals surface area contributed by atoms with Gasteiger partial charge in [0, 0.05) is 18.0 Å². The molecule has 0 aliphatic heterocycles. The van der Waals surface area contributed by atoms with Crippen LogP contribution in [-0.4, -0.2) is 30.1 Å². The van der Waals surface area contributed by atoms with Crippen LogP contribution in [0.3, 0.4) is 0 Å². The third kappa shape index (κ3) is 4.22. The minimum Gasteiger partial charge on any atom is -0.491 e. The monoisotopic (exact) mass is 330 g/mol. The van der Waals surface area contributed by atoms with Gasteiger partial charge in [0.1, 0.15) is 5.69 Å². The van der Waals surface area contributed by atoms with E-state index in [-0.39, 0.29) is 17.5 Å². The molecule has 2 rings (SSSR count). The molecule has 0 fully saturated rings. The van der Waals surface area contributed by atoms with E-state index in [1.807, 2.05) is 0 Å². The van der Waals surface area contributed by atoms with Crippen molar-refractivity contribution in [1.29, 1.82) is 0 Å². The van der Waals surface area contributed by atoms with Gasteiger partial charge in [0.2, 0.25) is 5.43 Å². The lowest BCUT2D eigenvalue weighted by atomic mass is 10.2. The summed E-state index contributed by atoms with van der Waals surface area (Å²) in [7, 11) is 1.37. The van der Waals surface area contributed by atoms with Crippen LogP contribution in [0.1, 0.15) is 34.7 Å². The number of carbonyl (C=O) groups excluding carboxylic acids is 2. The number of hydrogen-bond acceptors (Lipinski definition) is 5. The number of hydrogen-bond donors (Lipinski definition) is 2. The predicted molar refractivity (Wildman–Crippen MR) is 88.6 cm³/mol. The molecular weight excluding hydrogens is 312 g/mol. The lowest BCUT2D eigenvalue weighted by Crippen LogP contribution is -2.17. The van der Waals surface area contributed by atoms with Gasteiger partial charge in [-0.15, -0.1) is 0 Å². The van der Waals surface area contributed by atoms with E-state index in [1.54, 1.807) is 38.1 Å². The Morgan fingerprint density at radius 3 is 2.38 bits per heavy atom. The Labute approximate surface area is 138 Å². The Hall–Kier alpha value is -3.09. The van der Waals surface area contributed by atoms with Crippen molar-refractivity contribution in [3.63, 3.8) is 0 Å². The Bertz CT molecular complexity index is 793. The first-order valence-corrected chi connectivity index (χ1v) is 7.30. The summed E-state index contributed by atoms with van der Waals surface area (Å²) < 4.78 is 9.93. The summed E-state index contributed by atoms with van der Waals surface area (Å²) in [5.41, 5.74) is 0.578. The first-order valence-electron chi connectivity index (χ1n) is 7.30. The fourth-order valence-electron chi connectivity index (χ4n) is 1.92. The molecule has 0 radical (unpaired) electrons. The van der Waals surface area contributed by atoms with Crippen molar-refractivity contribution in [2.45, 2.75) is 20.0 Å². The summed E-state index contributed by atoms with van der Waals surface area (Å²) in [6.45, 7) is 3.53. The molecule has 0 saturated heterocycles. The van der Waals surface area contributed by atoms with Crippen LogP contribution < -0.4 is 15.5 Å². The van der Waals surface area contributed by atoms with Gasteiger partial charge >= 0.3 is 5.97 Å². The first-order chi connectivity index (χ1) is 11.4. The van der Waals surface area contributed by atoms with Gasteiger partial charge in [-0.2, -0.15) is 0 Å². The summed E-state index contributed by atoms with van der Waals surface area (Å²) in [4.78, 5) is 38.2. The molecule has 2 aromatic rings. The van der Waals surface area contributed by atoms with Crippen LogP contribution in [0.25, 0.3) is 0 Å². The first kappa shape index (κ1) is 17.3. The molecule has 0 atom stereocenters. The molecule has 1 aromatic heterocycles. The van der Waals surface area contributed by atoms with E-state index in [1.165, 1.54) is 13.3 Å². The molecule has 0 spiro atoms. The van der Waals surface area contributed by atoms with Crippen LogP contribution in [0, 0.1) is 0 Å². The number of benzene rings is 1. The molecule has 0 aliphatic rings. The van der Waals surface area contributed by atoms with E-state index in [4.69, 9.17) is 9.47 Å². The summed E-state index contributed by atoms with van der Waals surface area (Å²) in [5.74, 6) is -0.783. The van der Waals surface area contributed by atoms with Gasteiger partial charge in [-0.05, 0) is 38.1 Å². The van der Waals surface area contributed by atoms with Crippen LogP contribution in [0.15, 0.2) is 41.3 Å². The van der Waals surface area contributed by atoms with E-state index in [0.29, 0.717) is 11.3 Å². The lowest BCUT2D eigenvalue weighted by molar-refractivity contribution is 0.0378. The maximum Gasteiger partial charge on any atom is 0.338 e. The number of aromatic amines is 1. The van der Waals surface area contributed by atoms with Crippen molar-refractivity contribution in [1.82, 2.24) is 4.98 Å². The third-order valence-electron chi connectivity index (χ3n) is 3.06. The van der Waals surface area contributed by atoms with Gasteiger partial charge in [0.15, 0.2) is 5.75 Å². The highest BCUT2D eigenvalue weighted by Crippen LogP contribution is 2.12. The molecule has 1 amide bonds. The van der Waals surface area contributed by atoms with Crippen molar-refractivity contribution in [3.8, 4) is 5.75 Å². The number of esters is 1. The number of aromatic nitrogens is 1. The highest BCUT2D eigenvalue weighted by atomic mass is 16.5. The number of anilines is 1. The molecule has 2 N–H and O–H groups in total.